The van der Waals surface area contributed by atoms with Crippen LogP contribution in [0.2, 0.25) is 0 Å². The molecular weight excluding hydrogens is 378 g/mol. The van der Waals surface area contributed by atoms with Gasteiger partial charge in [0.1, 0.15) is 17.8 Å². The molecule has 3 heterocycles. The molecule has 0 aromatic carbocycles. The second kappa shape index (κ2) is 9.30. The van der Waals surface area contributed by atoms with E-state index in [9.17, 15) is 14.4 Å². The highest BCUT2D eigenvalue weighted by molar-refractivity contribution is 5.83. The third kappa shape index (κ3) is 5.82. The Morgan fingerprint density at radius 3 is 2.28 bits per heavy atom. The largest absolute Gasteiger partial charge is 0.444 e. The number of piperazine rings is 1. The van der Waals surface area contributed by atoms with E-state index in [2.05, 4.69) is 5.32 Å². The van der Waals surface area contributed by atoms with Crippen LogP contribution in [0.15, 0.2) is 0 Å². The Labute approximate surface area is 172 Å². The van der Waals surface area contributed by atoms with Crippen molar-refractivity contribution in [1.29, 1.82) is 0 Å². The lowest BCUT2D eigenvalue weighted by atomic mass is 10.1. The first-order valence-electron chi connectivity index (χ1n) is 10.5. The predicted molar refractivity (Wildman–Crippen MR) is 104 cm³/mol. The lowest BCUT2D eigenvalue weighted by molar-refractivity contribution is -0.146. The van der Waals surface area contributed by atoms with E-state index in [1.807, 2.05) is 20.8 Å². The molecule has 164 valence electrons. The molecule has 3 rings (SSSR count). The first-order valence-corrected chi connectivity index (χ1v) is 10.5. The summed E-state index contributed by atoms with van der Waals surface area (Å²) in [6, 6.07) is -0.335. The third-order valence-electron chi connectivity index (χ3n) is 5.36. The summed E-state index contributed by atoms with van der Waals surface area (Å²) in [6.45, 7) is 7.99. The Hall–Kier alpha value is -1.87. The first kappa shape index (κ1) is 21.8. The fourth-order valence-corrected chi connectivity index (χ4v) is 3.89. The summed E-state index contributed by atoms with van der Waals surface area (Å²) in [5, 5.41) is 2.90. The molecule has 1 N–H and O–H groups in total. The average molecular weight is 411 g/mol. The van der Waals surface area contributed by atoms with Crippen molar-refractivity contribution in [2.75, 3.05) is 39.4 Å². The molecule has 0 saturated carbocycles. The number of carbonyl (C=O) groups excluding carboxylic acids is 3. The second-order valence-corrected chi connectivity index (χ2v) is 8.86. The summed E-state index contributed by atoms with van der Waals surface area (Å²) in [5.41, 5.74) is -0.592. The van der Waals surface area contributed by atoms with E-state index < -0.39 is 23.9 Å². The molecule has 0 radical (unpaired) electrons. The van der Waals surface area contributed by atoms with Gasteiger partial charge in [-0.3, -0.25) is 9.59 Å². The summed E-state index contributed by atoms with van der Waals surface area (Å²) in [5.74, 6) is -0.232. The SMILES string of the molecule is CC(C)(C)OC(=O)N1CCN(C(=O)C2CCCO2)C(CNC(=O)C2CCCO2)C1. The summed E-state index contributed by atoms with van der Waals surface area (Å²) in [4.78, 5) is 41.2. The van der Waals surface area contributed by atoms with Gasteiger partial charge in [0.05, 0.1) is 6.04 Å². The van der Waals surface area contributed by atoms with E-state index in [1.54, 1.807) is 9.80 Å². The van der Waals surface area contributed by atoms with E-state index >= 15 is 0 Å². The minimum absolute atomic E-state index is 0.0669. The number of rotatable bonds is 4. The molecule has 3 aliphatic heterocycles. The minimum Gasteiger partial charge on any atom is -0.444 e. The zero-order chi connectivity index (χ0) is 21.0. The van der Waals surface area contributed by atoms with E-state index in [-0.39, 0.29) is 24.4 Å². The molecule has 9 heteroatoms. The monoisotopic (exact) mass is 411 g/mol. The van der Waals surface area contributed by atoms with Crippen LogP contribution in [0.5, 0.6) is 0 Å². The van der Waals surface area contributed by atoms with Gasteiger partial charge in [-0.2, -0.15) is 0 Å². The van der Waals surface area contributed by atoms with Crippen LogP contribution in [0, 0.1) is 0 Å². The first-order chi connectivity index (χ1) is 13.7. The van der Waals surface area contributed by atoms with Crippen LogP contribution < -0.4 is 5.32 Å². The summed E-state index contributed by atoms with van der Waals surface area (Å²) >= 11 is 0. The fraction of sp³-hybridized carbons (Fsp3) is 0.850. The molecule has 3 fully saturated rings. The number of hydrogen-bond donors (Lipinski definition) is 1. The minimum atomic E-state index is -0.592. The van der Waals surface area contributed by atoms with Gasteiger partial charge in [0, 0.05) is 39.4 Å². The van der Waals surface area contributed by atoms with Crippen LogP contribution in [0.3, 0.4) is 0 Å². The quantitative estimate of drug-likeness (QED) is 0.739. The Bertz CT molecular complexity index is 608. The Morgan fingerprint density at radius 1 is 1.03 bits per heavy atom. The standard InChI is InChI=1S/C20H33N3O6/c1-20(2,3)29-19(26)22-8-9-23(18(25)16-7-5-11-28-16)14(13-22)12-21-17(24)15-6-4-10-27-15/h14-16H,4-13H2,1-3H3,(H,21,24). The summed E-state index contributed by atoms with van der Waals surface area (Å²) in [6.07, 6.45) is 1.89. The normalized spacial score (nSPS) is 27.8. The average Bonchev–Trinajstić information content (AvgIpc) is 3.37. The van der Waals surface area contributed by atoms with Crippen molar-refractivity contribution < 1.29 is 28.6 Å². The fourth-order valence-electron chi connectivity index (χ4n) is 3.89. The smallest absolute Gasteiger partial charge is 0.410 e. The third-order valence-corrected chi connectivity index (χ3v) is 5.36. The molecule has 3 atom stereocenters. The van der Waals surface area contributed by atoms with Crippen molar-refractivity contribution in [2.45, 2.75) is 70.3 Å². The van der Waals surface area contributed by atoms with Crippen LogP contribution in [0.1, 0.15) is 46.5 Å². The molecule has 3 aliphatic rings. The number of amides is 3. The van der Waals surface area contributed by atoms with Crippen molar-refractivity contribution in [3.63, 3.8) is 0 Å². The van der Waals surface area contributed by atoms with Crippen molar-refractivity contribution in [3.8, 4) is 0 Å². The van der Waals surface area contributed by atoms with E-state index in [0.29, 0.717) is 45.7 Å². The number of nitrogens with zero attached hydrogens (tertiary/aromatic N) is 2. The summed E-state index contributed by atoms with van der Waals surface area (Å²) in [7, 11) is 0. The van der Waals surface area contributed by atoms with Crippen LogP contribution in [0.25, 0.3) is 0 Å². The lowest BCUT2D eigenvalue weighted by Crippen LogP contribution is -2.62. The zero-order valence-corrected chi connectivity index (χ0v) is 17.6. The molecule has 3 amide bonds. The van der Waals surface area contributed by atoms with Crippen molar-refractivity contribution >= 4 is 17.9 Å². The van der Waals surface area contributed by atoms with Gasteiger partial charge in [-0.1, -0.05) is 0 Å². The highest BCUT2D eigenvalue weighted by Crippen LogP contribution is 2.20. The Balaban J connectivity index is 1.64. The Morgan fingerprint density at radius 2 is 1.69 bits per heavy atom. The molecule has 0 aliphatic carbocycles. The van der Waals surface area contributed by atoms with Crippen LogP contribution in [-0.4, -0.2) is 91.0 Å². The molecule has 29 heavy (non-hydrogen) atoms. The summed E-state index contributed by atoms with van der Waals surface area (Å²) < 4.78 is 16.5. The molecule has 0 aromatic heterocycles. The van der Waals surface area contributed by atoms with Crippen molar-refractivity contribution in [1.82, 2.24) is 15.1 Å². The van der Waals surface area contributed by atoms with Crippen molar-refractivity contribution in [3.05, 3.63) is 0 Å². The highest BCUT2D eigenvalue weighted by Gasteiger charge is 2.38. The topological polar surface area (TPSA) is 97.4 Å². The number of carbonyl (C=O) groups is 3. The molecule has 9 nitrogen and oxygen atoms in total. The van der Waals surface area contributed by atoms with Gasteiger partial charge in [-0.05, 0) is 46.5 Å². The molecule has 3 saturated heterocycles. The van der Waals surface area contributed by atoms with Gasteiger partial charge in [0.25, 0.3) is 5.91 Å². The molecule has 0 bridgehead atoms. The zero-order valence-electron chi connectivity index (χ0n) is 17.6. The van der Waals surface area contributed by atoms with E-state index in [0.717, 1.165) is 12.8 Å². The number of ether oxygens (including phenoxy) is 3. The van der Waals surface area contributed by atoms with Gasteiger partial charge in [0.2, 0.25) is 5.91 Å². The van der Waals surface area contributed by atoms with E-state index in [4.69, 9.17) is 14.2 Å². The molecular formula is C20H33N3O6. The van der Waals surface area contributed by atoms with Gasteiger partial charge in [-0.15, -0.1) is 0 Å². The second-order valence-electron chi connectivity index (χ2n) is 8.86. The molecule has 0 spiro atoms. The molecule has 0 aromatic rings. The van der Waals surface area contributed by atoms with Gasteiger partial charge >= 0.3 is 6.09 Å². The van der Waals surface area contributed by atoms with Crippen molar-refractivity contribution in [2.24, 2.45) is 0 Å². The number of nitrogens with one attached hydrogen (secondary N) is 1. The van der Waals surface area contributed by atoms with Gasteiger partial charge in [0.15, 0.2) is 0 Å². The maximum atomic E-state index is 12.9. The van der Waals surface area contributed by atoms with Crippen LogP contribution in [-0.2, 0) is 23.8 Å². The van der Waals surface area contributed by atoms with Crippen LogP contribution >= 0.6 is 0 Å². The molecule has 3 unspecified atom stereocenters. The lowest BCUT2D eigenvalue weighted by Gasteiger charge is -2.42. The number of hydrogen-bond acceptors (Lipinski definition) is 6. The predicted octanol–water partition coefficient (Wildman–Crippen LogP) is 0.909. The van der Waals surface area contributed by atoms with Gasteiger partial charge < -0.3 is 29.3 Å². The van der Waals surface area contributed by atoms with Crippen LogP contribution in [0.4, 0.5) is 4.79 Å². The Kier molecular flexibility index (Phi) is 7.00. The van der Waals surface area contributed by atoms with E-state index in [1.165, 1.54) is 0 Å². The maximum Gasteiger partial charge on any atom is 0.410 e. The highest BCUT2D eigenvalue weighted by atomic mass is 16.6. The maximum absolute atomic E-state index is 12.9. The van der Waals surface area contributed by atoms with Gasteiger partial charge in [-0.25, -0.2) is 4.79 Å².